The van der Waals surface area contributed by atoms with Gasteiger partial charge in [0.15, 0.2) is 0 Å². The number of hydrogen-bond acceptors (Lipinski definition) is 5. The number of hydrogen-bond donors (Lipinski definition) is 3. The van der Waals surface area contributed by atoms with E-state index in [2.05, 4.69) is 43.4 Å². The predicted molar refractivity (Wildman–Crippen MR) is 102 cm³/mol. The quantitative estimate of drug-likeness (QED) is 0.446. The number of aliphatic carboxylic acids is 2. The Kier molecular flexibility index (Phi) is 11.1. The number of unbranched alkanes of at least 4 members (excludes halogenated alkanes) is 1. The van der Waals surface area contributed by atoms with Crippen molar-refractivity contribution in [3.8, 4) is 5.75 Å². The molecule has 152 valence electrons. The monoisotopic (exact) mass is 381 g/mol. The lowest BCUT2D eigenvalue weighted by Crippen LogP contribution is -2.27. The fraction of sp³-hybridized carbons (Fsp3) is 0.600. The zero-order valence-corrected chi connectivity index (χ0v) is 16.1. The van der Waals surface area contributed by atoms with Crippen LogP contribution in [0.4, 0.5) is 0 Å². The summed E-state index contributed by atoms with van der Waals surface area (Å²) >= 11 is 0. The number of ether oxygens (including phenoxy) is 2. The van der Waals surface area contributed by atoms with Gasteiger partial charge in [0.25, 0.3) is 0 Å². The van der Waals surface area contributed by atoms with Gasteiger partial charge in [0, 0.05) is 13.2 Å². The van der Waals surface area contributed by atoms with Crippen LogP contribution in [0.15, 0.2) is 24.3 Å². The Labute approximate surface area is 160 Å². The lowest BCUT2D eigenvalue weighted by Gasteiger charge is -2.11. The van der Waals surface area contributed by atoms with Crippen LogP contribution in [-0.4, -0.2) is 54.6 Å². The molecule has 7 heteroatoms. The number of carboxylic acid groups (broad SMARTS) is 2. The first kappa shape index (κ1) is 22.9. The van der Waals surface area contributed by atoms with Crippen molar-refractivity contribution in [2.45, 2.75) is 51.6 Å². The molecule has 0 aromatic heterocycles. The van der Waals surface area contributed by atoms with Gasteiger partial charge in [-0.25, -0.2) is 9.59 Å². The Morgan fingerprint density at radius 2 is 1.85 bits per heavy atom. The van der Waals surface area contributed by atoms with Crippen molar-refractivity contribution in [3.05, 3.63) is 29.8 Å². The molecule has 3 N–H and O–H groups in total. The molecular formula is C20H31NO6. The fourth-order valence-corrected chi connectivity index (χ4v) is 2.56. The first-order valence-electron chi connectivity index (χ1n) is 9.41. The molecule has 2 rings (SSSR count). The average molecular weight is 381 g/mol. The SMILES string of the molecule is CC(C)c1ccc(OCCCCNCC2CCCO2)cc1.O=C(O)C(=O)O. The van der Waals surface area contributed by atoms with Gasteiger partial charge in [-0.2, -0.15) is 0 Å². The molecule has 0 aliphatic carbocycles. The molecular weight excluding hydrogens is 350 g/mol. The summed E-state index contributed by atoms with van der Waals surface area (Å²) in [5.74, 6) is -2.09. The molecule has 7 nitrogen and oxygen atoms in total. The highest BCUT2D eigenvalue weighted by Crippen LogP contribution is 2.18. The van der Waals surface area contributed by atoms with Gasteiger partial charge in [-0.15, -0.1) is 0 Å². The van der Waals surface area contributed by atoms with Crippen LogP contribution in [0.5, 0.6) is 5.75 Å². The molecule has 1 saturated heterocycles. The fourth-order valence-electron chi connectivity index (χ4n) is 2.56. The standard InChI is InChI=1S/C18H29NO2.C2H2O4/c1-15(2)16-7-9-17(10-8-16)20-12-4-3-11-19-14-18-6-5-13-21-18;3-1(4)2(5)6/h7-10,15,18-19H,3-6,11-14H2,1-2H3;(H,3,4)(H,5,6). The maximum absolute atomic E-state index is 9.10. The third-order valence-corrected chi connectivity index (χ3v) is 4.14. The number of carbonyl (C=O) groups is 2. The lowest BCUT2D eigenvalue weighted by atomic mass is 10.0. The molecule has 1 unspecified atom stereocenters. The van der Waals surface area contributed by atoms with Crippen molar-refractivity contribution < 1.29 is 29.3 Å². The molecule has 0 spiro atoms. The van der Waals surface area contributed by atoms with E-state index in [1.165, 1.54) is 18.4 Å². The van der Waals surface area contributed by atoms with Crippen molar-refractivity contribution in [1.82, 2.24) is 5.32 Å². The molecule has 1 atom stereocenters. The van der Waals surface area contributed by atoms with Crippen LogP contribution >= 0.6 is 0 Å². The van der Waals surface area contributed by atoms with E-state index in [9.17, 15) is 0 Å². The third kappa shape index (κ3) is 10.6. The van der Waals surface area contributed by atoms with Crippen molar-refractivity contribution >= 4 is 11.9 Å². The molecule has 0 bridgehead atoms. The molecule has 1 aromatic carbocycles. The van der Waals surface area contributed by atoms with Crippen LogP contribution in [0.25, 0.3) is 0 Å². The smallest absolute Gasteiger partial charge is 0.414 e. The first-order chi connectivity index (χ1) is 12.9. The minimum atomic E-state index is -1.82. The highest BCUT2D eigenvalue weighted by Gasteiger charge is 2.14. The van der Waals surface area contributed by atoms with Gasteiger partial charge in [0.1, 0.15) is 5.75 Å². The minimum absolute atomic E-state index is 0.445. The Hall–Kier alpha value is -2.12. The van der Waals surface area contributed by atoms with Gasteiger partial charge in [0.2, 0.25) is 0 Å². The van der Waals surface area contributed by atoms with Crippen LogP contribution in [0, 0.1) is 0 Å². The number of rotatable bonds is 9. The van der Waals surface area contributed by atoms with Crippen LogP contribution < -0.4 is 10.1 Å². The minimum Gasteiger partial charge on any atom is -0.494 e. The summed E-state index contributed by atoms with van der Waals surface area (Å²) < 4.78 is 11.3. The van der Waals surface area contributed by atoms with Crippen LogP contribution in [-0.2, 0) is 14.3 Å². The summed E-state index contributed by atoms with van der Waals surface area (Å²) in [5, 5.41) is 18.2. The highest BCUT2D eigenvalue weighted by molar-refractivity contribution is 6.27. The summed E-state index contributed by atoms with van der Waals surface area (Å²) in [5.41, 5.74) is 1.36. The summed E-state index contributed by atoms with van der Waals surface area (Å²) in [4.78, 5) is 18.2. The van der Waals surface area contributed by atoms with E-state index in [1.807, 2.05) is 0 Å². The van der Waals surface area contributed by atoms with E-state index in [1.54, 1.807) is 0 Å². The van der Waals surface area contributed by atoms with Gasteiger partial charge in [-0.1, -0.05) is 26.0 Å². The van der Waals surface area contributed by atoms with Gasteiger partial charge in [-0.3, -0.25) is 0 Å². The lowest BCUT2D eigenvalue weighted by molar-refractivity contribution is -0.159. The zero-order valence-electron chi connectivity index (χ0n) is 16.1. The molecule has 1 aliphatic heterocycles. The van der Waals surface area contributed by atoms with E-state index in [4.69, 9.17) is 29.3 Å². The number of nitrogens with one attached hydrogen (secondary N) is 1. The second-order valence-corrected chi connectivity index (χ2v) is 6.73. The van der Waals surface area contributed by atoms with E-state index in [-0.39, 0.29) is 0 Å². The Balaban J connectivity index is 0.000000527. The van der Waals surface area contributed by atoms with Crippen LogP contribution in [0.1, 0.15) is 51.0 Å². The van der Waals surface area contributed by atoms with Crippen molar-refractivity contribution in [2.24, 2.45) is 0 Å². The number of benzene rings is 1. The summed E-state index contributed by atoms with van der Waals surface area (Å²) in [6, 6.07) is 8.46. The molecule has 1 heterocycles. The largest absolute Gasteiger partial charge is 0.494 e. The number of carboxylic acids is 2. The van der Waals surface area contributed by atoms with Gasteiger partial charge in [-0.05, 0) is 55.8 Å². The van der Waals surface area contributed by atoms with Gasteiger partial charge in [0.05, 0.1) is 12.7 Å². The average Bonchev–Trinajstić information content (AvgIpc) is 3.15. The van der Waals surface area contributed by atoms with Crippen molar-refractivity contribution in [2.75, 3.05) is 26.3 Å². The van der Waals surface area contributed by atoms with E-state index in [0.29, 0.717) is 12.0 Å². The molecule has 0 saturated carbocycles. The Bertz CT molecular complexity index is 540. The molecule has 0 radical (unpaired) electrons. The van der Waals surface area contributed by atoms with E-state index >= 15 is 0 Å². The third-order valence-electron chi connectivity index (χ3n) is 4.14. The predicted octanol–water partition coefficient (Wildman–Crippen LogP) is 2.89. The van der Waals surface area contributed by atoms with E-state index < -0.39 is 11.9 Å². The molecule has 1 aliphatic rings. The topological polar surface area (TPSA) is 105 Å². The van der Waals surface area contributed by atoms with Crippen LogP contribution in [0.2, 0.25) is 0 Å². The molecule has 1 fully saturated rings. The van der Waals surface area contributed by atoms with Gasteiger partial charge >= 0.3 is 11.9 Å². The van der Waals surface area contributed by atoms with Crippen molar-refractivity contribution in [3.63, 3.8) is 0 Å². The zero-order chi connectivity index (χ0) is 20.1. The summed E-state index contributed by atoms with van der Waals surface area (Å²) in [6.45, 7) is 8.20. The second-order valence-electron chi connectivity index (χ2n) is 6.73. The summed E-state index contributed by atoms with van der Waals surface area (Å²) in [6.07, 6.45) is 5.11. The highest BCUT2D eigenvalue weighted by atomic mass is 16.5. The Morgan fingerprint density at radius 3 is 2.37 bits per heavy atom. The van der Waals surface area contributed by atoms with Crippen molar-refractivity contribution in [1.29, 1.82) is 0 Å². The maximum atomic E-state index is 9.10. The second kappa shape index (κ2) is 13.1. The first-order valence-corrected chi connectivity index (χ1v) is 9.41. The molecule has 1 aromatic rings. The van der Waals surface area contributed by atoms with Crippen LogP contribution in [0.3, 0.4) is 0 Å². The molecule has 27 heavy (non-hydrogen) atoms. The normalized spacial score (nSPS) is 15.9. The maximum Gasteiger partial charge on any atom is 0.414 e. The molecule has 0 amide bonds. The van der Waals surface area contributed by atoms with Gasteiger partial charge < -0.3 is 25.0 Å². The Morgan fingerprint density at radius 1 is 1.19 bits per heavy atom. The summed E-state index contributed by atoms with van der Waals surface area (Å²) in [7, 11) is 0. The van der Waals surface area contributed by atoms with E-state index in [0.717, 1.165) is 44.9 Å².